The van der Waals surface area contributed by atoms with Crippen molar-refractivity contribution in [3.63, 3.8) is 0 Å². The second-order valence-corrected chi connectivity index (χ2v) is 3.79. The molecule has 0 fully saturated rings. The molecule has 0 heterocycles. The average Bonchev–Trinajstić information content (AvgIpc) is 2.19. The fourth-order valence-corrected chi connectivity index (χ4v) is 0.859. The van der Waals surface area contributed by atoms with E-state index in [2.05, 4.69) is 0 Å². The Bertz CT molecular complexity index is 161. The minimum atomic E-state index is -0.681. The lowest BCUT2D eigenvalue weighted by atomic mass is 10.5. The third-order valence-electron chi connectivity index (χ3n) is 1.51. The van der Waals surface area contributed by atoms with Gasteiger partial charge in [-0.1, -0.05) is 0 Å². The highest BCUT2D eigenvalue weighted by molar-refractivity contribution is 5.59. The molecule has 0 aromatic heterocycles. The molecule has 0 spiro atoms. The van der Waals surface area contributed by atoms with Gasteiger partial charge in [0, 0.05) is 0 Å². The van der Waals surface area contributed by atoms with Crippen LogP contribution < -0.4 is 0 Å². The van der Waals surface area contributed by atoms with Crippen LogP contribution >= 0.6 is 0 Å². The Labute approximate surface area is 97.0 Å². The van der Waals surface area contributed by atoms with Crippen LogP contribution in [0.3, 0.4) is 0 Å². The van der Waals surface area contributed by atoms with E-state index in [0.29, 0.717) is 13.2 Å². The lowest BCUT2D eigenvalue weighted by Crippen LogP contribution is -2.17. The van der Waals surface area contributed by atoms with Crippen molar-refractivity contribution in [3.05, 3.63) is 0 Å². The normalized spacial score (nSPS) is 10.9. The molecule has 0 atom stereocenters. The van der Waals surface area contributed by atoms with Crippen molar-refractivity contribution < 1.29 is 23.7 Å². The van der Waals surface area contributed by atoms with Gasteiger partial charge < -0.3 is 18.9 Å². The summed E-state index contributed by atoms with van der Waals surface area (Å²) in [7, 11) is 0. The van der Waals surface area contributed by atoms with Gasteiger partial charge in [-0.2, -0.15) is 0 Å². The van der Waals surface area contributed by atoms with Gasteiger partial charge in [-0.3, -0.25) is 0 Å². The van der Waals surface area contributed by atoms with Crippen molar-refractivity contribution in [2.45, 2.75) is 39.9 Å². The monoisotopic (exact) mass is 234 g/mol. The fraction of sp³-hybridized carbons (Fsp3) is 0.909. The van der Waals surface area contributed by atoms with E-state index in [1.54, 1.807) is 0 Å². The Morgan fingerprint density at radius 2 is 1.19 bits per heavy atom. The van der Waals surface area contributed by atoms with Gasteiger partial charge in [-0.25, -0.2) is 4.79 Å². The molecule has 0 aliphatic rings. The first kappa shape index (κ1) is 15.2. The minimum absolute atomic E-state index is 0.138. The summed E-state index contributed by atoms with van der Waals surface area (Å²) in [6.07, 6.45) is -0.405. The first-order valence-corrected chi connectivity index (χ1v) is 5.55. The molecule has 0 saturated heterocycles. The highest BCUT2D eigenvalue weighted by Crippen LogP contribution is 1.91. The van der Waals surface area contributed by atoms with Gasteiger partial charge in [0.1, 0.15) is 13.2 Å². The van der Waals surface area contributed by atoms with Gasteiger partial charge in [-0.05, 0) is 27.7 Å². The molecule has 0 bridgehead atoms. The van der Waals surface area contributed by atoms with Crippen LogP contribution in [-0.4, -0.2) is 44.8 Å². The molecular weight excluding hydrogens is 212 g/mol. The maximum atomic E-state index is 11.0. The van der Waals surface area contributed by atoms with Crippen molar-refractivity contribution in [2.75, 3.05) is 26.4 Å². The molecule has 0 aliphatic carbocycles. The molecule has 0 aromatic rings. The van der Waals surface area contributed by atoms with E-state index in [4.69, 9.17) is 18.9 Å². The van der Waals surface area contributed by atoms with Crippen molar-refractivity contribution in [2.24, 2.45) is 0 Å². The largest absolute Gasteiger partial charge is 0.508 e. The number of hydrogen-bond acceptors (Lipinski definition) is 5. The Hall–Kier alpha value is -0.810. The molecule has 16 heavy (non-hydrogen) atoms. The SMILES string of the molecule is CC(C)OCCOC(=O)OCCOC(C)C. The lowest BCUT2D eigenvalue weighted by Gasteiger charge is -2.09. The van der Waals surface area contributed by atoms with E-state index in [-0.39, 0.29) is 25.4 Å². The number of hydrogen-bond donors (Lipinski definition) is 0. The minimum Gasteiger partial charge on any atom is -0.432 e. The summed E-state index contributed by atoms with van der Waals surface area (Å²) in [6, 6.07) is 0. The molecule has 0 amide bonds. The van der Waals surface area contributed by atoms with E-state index < -0.39 is 6.16 Å². The van der Waals surface area contributed by atoms with Gasteiger partial charge in [0.15, 0.2) is 0 Å². The molecule has 0 saturated carbocycles. The van der Waals surface area contributed by atoms with Crippen molar-refractivity contribution in [1.29, 1.82) is 0 Å². The van der Waals surface area contributed by atoms with Crippen LogP contribution in [0.15, 0.2) is 0 Å². The maximum Gasteiger partial charge on any atom is 0.508 e. The van der Waals surface area contributed by atoms with Crippen LogP contribution in [0.4, 0.5) is 4.79 Å². The first-order chi connectivity index (χ1) is 7.52. The number of ether oxygens (including phenoxy) is 4. The van der Waals surface area contributed by atoms with E-state index in [1.165, 1.54) is 0 Å². The van der Waals surface area contributed by atoms with Crippen molar-refractivity contribution in [1.82, 2.24) is 0 Å². The summed E-state index contributed by atoms with van der Waals surface area (Å²) in [5.41, 5.74) is 0. The summed E-state index contributed by atoms with van der Waals surface area (Å²) in [5.74, 6) is 0. The molecule has 96 valence electrons. The molecule has 0 unspecified atom stereocenters. The second-order valence-electron chi connectivity index (χ2n) is 3.79. The number of rotatable bonds is 8. The molecule has 5 nitrogen and oxygen atoms in total. The van der Waals surface area contributed by atoms with Gasteiger partial charge in [0.25, 0.3) is 0 Å². The van der Waals surface area contributed by atoms with E-state index in [0.717, 1.165) is 0 Å². The zero-order valence-electron chi connectivity index (χ0n) is 10.5. The predicted octanol–water partition coefficient (Wildman–Crippen LogP) is 1.99. The molecule has 0 rings (SSSR count). The highest BCUT2D eigenvalue weighted by atomic mass is 16.7. The van der Waals surface area contributed by atoms with Gasteiger partial charge >= 0.3 is 6.16 Å². The van der Waals surface area contributed by atoms with E-state index in [1.807, 2.05) is 27.7 Å². The summed E-state index contributed by atoms with van der Waals surface area (Å²) < 4.78 is 19.9. The average molecular weight is 234 g/mol. The van der Waals surface area contributed by atoms with E-state index in [9.17, 15) is 4.79 Å². The quantitative estimate of drug-likeness (QED) is 0.475. The van der Waals surface area contributed by atoms with Gasteiger partial charge in [-0.15, -0.1) is 0 Å². The third-order valence-corrected chi connectivity index (χ3v) is 1.51. The van der Waals surface area contributed by atoms with Gasteiger partial charge in [0.2, 0.25) is 0 Å². The molecular formula is C11H22O5. The smallest absolute Gasteiger partial charge is 0.432 e. The Morgan fingerprint density at radius 3 is 1.50 bits per heavy atom. The first-order valence-electron chi connectivity index (χ1n) is 5.55. The van der Waals surface area contributed by atoms with Crippen LogP contribution in [0.5, 0.6) is 0 Å². The van der Waals surface area contributed by atoms with Gasteiger partial charge in [0.05, 0.1) is 25.4 Å². The number of carbonyl (C=O) groups excluding carboxylic acids is 1. The molecule has 0 aromatic carbocycles. The Kier molecular flexibility index (Phi) is 8.94. The van der Waals surface area contributed by atoms with Crippen LogP contribution in [0, 0.1) is 0 Å². The second kappa shape index (κ2) is 9.42. The predicted molar refractivity (Wildman–Crippen MR) is 59.5 cm³/mol. The summed E-state index contributed by atoms with van der Waals surface area (Å²) in [5, 5.41) is 0. The lowest BCUT2D eigenvalue weighted by molar-refractivity contribution is -0.00661. The maximum absolute atomic E-state index is 11.0. The van der Waals surface area contributed by atoms with Crippen molar-refractivity contribution in [3.8, 4) is 0 Å². The molecule has 0 aliphatic heterocycles. The zero-order chi connectivity index (χ0) is 12.4. The molecule has 0 N–H and O–H groups in total. The van der Waals surface area contributed by atoms with Crippen LogP contribution in [0.25, 0.3) is 0 Å². The highest BCUT2D eigenvalue weighted by Gasteiger charge is 2.04. The molecule has 5 heteroatoms. The summed E-state index contributed by atoms with van der Waals surface area (Å²) in [6.45, 7) is 8.86. The topological polar surface area (TPSA) is 54.0 Å². The summed E-state index contributed by atoms with van der Waals surface area (Å²) >= 11 is 0. The van der Waals surface area contributed by atoms with Crippen LogP contribution in [0.2, 0.25) is 0 Å². The standard InChI is InChI=1S/C11H22O5/c1-9(2)13-5-7-15-11(12)16-8-6-14-10(3)4/h9-10H,5-8H2,1-4H3. The van der Waals surface area contributed by atoms with Crippen molar-refractivity contribution >= 4 is 6.16 Å². The number of carbonyl (C=O) groups is 1. The van der Waals surface area contributed by atoms with E-state index >= 15 is 0 Å². The third kappa shape index (κ3) is 11.3. The zero-order valence-corrected chi connectivity index (χ0v) is 10.5. The molecule has 0 radical (unpaired) electrons. The summed E-state index contributed by atoms with van der Waals surface area (Å²) in [4.78, 5) is 11.0. The van der Waals surface area contributed by atoms with Crippen LogP contribution in [0.1, 0.15) is 27.7 Å². The fourth-order valence-electron chi connectivity index (χ4n) is 0.859. The Morgan fingerprint density at radius 1 is 0.812 bits per heavy atom. The van der Waals surface area contributed by atoms with Crippen LogP contribution in [-0.2, 0) is 18.9 Å². The Balaban J connectivity index is 3.25.